The van der Waals surface area contributed by atoms with Crippen LogP contribution in [0.15, 0.2) is 42.6 Å². The maximum Gasteiger partial charge on any atom is 0.338 e. The lowest BCUT2D eigenvalue weighted by molar-refractivity contribution is 0.0526. The van der Waals surface area contributed by atoms with Gasteiger partial charge in [0.25, 0.3) is 0 Å². The third kappa shape index (κ3) is 2.71. The topological polar surface area (TPSA) is 39.2 Å². The summed E-state index contributed by atoms with van der Waals surface area (Å²) < 4.78 is 17.6. The predicted octanol–water partition coefficient (Wildman–Crippen LogP) is 3.06. The first kappa shape index (κ1) is 12.2. The molecule has 0 atom stereocenters. The van der Waals surface area contributed by atoms with Gasteiger partial charge in [-0.1, -0.05) is 12.1 Å². The average Bonchev–Trinajstić information content (AvgIpc) is 2.40. The van der Waals surface area contributed by atoms with Crippen molar-refractivity contribution >= 4 is 5.97 Å². The van der Waals surface area contributed by atoms with E-state index in [2.05, 4.69) is 4.98 Å². The number of rotatable bonds is 3. The van der Waals surface area contributed by atoms with Crippen LogP contribution in [0.2, 0.25) is 0 Å². The first-order chi connectivity index (χ1) is 8.70. The Labute approximate surface area is 104 Å². The van der Waals surface area contributed by atoms with E-state index in [1.807, 2.05) is 6.07 Å². The minimum Gasteiger partial charge on any atom is -0.462 e. The van der Waals surface area contributed by atoms with Crippen molar-refractivity contribution in [2.75, 3.05) is 6.61 Å². The molecule has 3 nitrogen and oxygen atoms in total. The molecule has 18 heavy (non-hydrogen) atoms. The number of hydrogen-bond donors (Lipinski definition) is 0. The summed E-state index contributed by atoms with van der Waals surface area (Å²) in [4.78, 5) is 15.2. The summed E-state index contributed by atoms with van der Waals surface area (Å²) in [7, 11) is 0. The van der Waals surface area contributed by atoms with Crippen LogP contribution >= 0.6 is 0 Å². The smallest absolute Gasteiger partial charge is 0.338 e. The minimum atomic E-state index is -0.528. The van der Waals surface area contributed by atoms with Crippen LogP contribution in [0.25, 0.3) is 11.1 Å². The Balaban J connectivity index is 2.32. The number of carbonyl (C=O) groups is 1. The van der Waals surface area contributed by atoms with Crippen molar-refractivity contribution in [2.45, 2.75) is 6.92 Å². The van der Waals surface area contributed by atoms with E-state index in [9.17, 15) is 9.18 Å². The normalized spacial score (nSPS) is 10.1. The molecule has 0 aliphatic heterocycles. The number of esters is 1. The molecule has 0 saturated heterocycles. The highest BCUT2D eigenvalue weighted by Gasteiger charge is 2.07. The Morgan fingerprint density at radius 1 is 1.28 bits per heavy atom. The molecule has 1 aromatic heterocycles. The molecular formula is C14H12FNO2. The van der Waals surface area contributed by atoms with E-state index in [0.29, 0.717) is 12.2 Å². The van der Waals surface area contributed by atoms with Gasteiger partial charge in [0, 0.05) is 11.8 Å². The number of benzene rings is 1. The Hall–Kier alpha value is -2.23. The number of halogens is 1. The molecule has 0 fully saturated rings. The fraction of sp³-hybridized carbons (Fsp3) is 0.143. The van der Waals surface area contributed by atoms with Gasteiger partial charge in [-0.15, -0.1) is 0 Å². The lowest BCUT2D eigenvalue weighted by Crippen LogP contribution is -2.04. The van der Waals surface area contributed by atoms with Crippen molar-refractivity contribution in [2.24, 2.45) is 0 Å². The summed E-state index contributed by atoms with van der Waals surface area (Å²) in [6.07, 6.45) is 1.43. The molecule has 0 spiro atoms. The van der Waals surface area contributed by atoms with E-state index < -0.39 is 5.95 Å². The van der Waals surface area contributed by atoms with Crippen LogP contribution in [0.3, 0.4) is 0 Å². The summed E-state index contributed by atoms with van der Waals surface area (Å²) in [5.74, 6) is -0.894. The fourth-order valence-electron chi connectivity index (χ4n) is 1.59. The van der Waals surface area contributed by atoms with E-state index in [1.165, 1.54) is 12.3 Å². The molecule has 92 valence electrons. The standard InChI is InChI=1S/C14H12FNO2/c1-2-18-14(17)11-5-3-4-10(8-11)12-6-7-13(15)16-9-12/h3-9H,2H2,1H3. The van der Waals surface area contributed by atoms with Crippen molar-refractivity contribution in [3.8, 4) is 11.1 Å². The van der Waals surface area contributed by atoms with E-state index in [-0.39, 0.29) is 5.97 Å². The fourth-order valence-corrected chi connectivity index (χ4v) is 1.59. The Morgan fingerprint density at radius 2 is 2.11 bits per heavy atom. The lowest BCUT2D eigenvalue weighted by Gasteiger charge is -2.05. The molecule has 0 saturated carbocycles. The third-order valence-electron chi connectivity index (χ3n) is 2.43. The maximum absolute atomic E-state index is 12.7. The van der Waals surface area contributed by atoms with E-state index >= 15 is 0 Å². The van der Waals surface area contributed by atoms with Gasteiger partial charge in [0.1, 0.15) is 0 Å². The summed E-state index contributed by atoms with van der Waals surface area (Å²) in [5.41, 5.74) is 2.02. The van der Waals surface area contributed by atoms with Gasteiger partial charge < -0.3 is 4.74 Å². The molecule has 2 rings (SSSR count). The SMILES string of the molecule is CCOC(=O)c1cccc(-c2ccc(F)nc2)c1. The summed E-state index contributed by atoms with van der Waals surface area (Å²) >= 11 is 0. The first-order valence-electron chi connectivity index (χ1n) is 5.60. The highest BCUT2D eigenvalue weighted by Crippen LogP contribution is 2.20. The molecule has 0 unspecified atom stereocenters. The van der Waals surface area contributed by atoms with E-state index in [4.69, 9.17) is 4.74 Å². The zero-order valence-electron chi connectivity index (χ0n) is 9.89. The average molecular weight is 245 g/mol. The zero-order chi connectivity index (χ0) is 13.0. The number of pyridine rings is 1. The van der Waals surface area contributed by atoms with Crippen LogP contribution < -0.4 is 0 Å². The van der Waals surface area contributed by atoms with Gasteiger partial charge in [-0.3, -0.25) is 0 Å². The molecule has 1 heterocycles. The molecule has 2 aromatic rings. The van der Waals surface area contributed by atoms with Gasteiger partial charge in [0.15, 0.2) is 0 Å². The summed E-state index contributed by atoms with van der Waals surface area (Å²) in [5, 5.41) is 0. The maximum atomic E-state index is 12.7. The predicted molar refractivity (Wildman–Crippen MR) is 65.6 cm³/mol. The Bertz CT molecular complexity index is 552. The molecule has 0 N–H and O–H groups in total. The van der Waals surface area contributed by atoms with E-state index in [1.54, 1.807) is 31.2 Å². The third-order valence-corrected chi connectivity index (χ3v) is 2.43. The quantitative estimate of drug-likeness (QED) is 0.616. The summed E-state index contributed by atoms with van der Waals surface area (Å²) in [6.45, 7) is 2.09. The highest BCUT2D eigenvalue weighted by atomic mass is 19.1. The Morgan fingerprint density at radius 3 is 2.78 bits per heavy atom. The molecule has 0 bridgehead atoms. The van der Waals surface area contributed by atoms with Gasteiger partial charge in [-0.2, -0.15) is 4.39 Å². The van der Waals surface area contributed by atoms with Crippen LogP contribution in [-0.2, 0) is 4.74 Å². The van der Waals surface area contributed by atoms with Gasteiger partial charge in [-0.25, -0.2) is 9.78 Å². The van der Waals surface area contributed by atoms with Crippen molar-refractivity contribution < 1.29 is 13.9 Å². The van der Waals surface area contributed by atoms with E-state index in [0.717, 1.165) is 11.1 Å². The van der Waals surface area contributed by atoms with Gasteiger partial charge >= 0.3 is 5.97 Å². The molecule has 0 radical (unpaired) electrons. The van der Waals surface area contributed by atoms with Crippen molar-refractivity contribution in [3.63, 3.8) is 0 Å². The second kappa shape index (κ2) is 5.40. The number of aromatic nitrogens is 1. The Kier molecular flexibility index (Phi) is 3.67. The van der Waals surface area contributed by atoms with Crippen LogP contribution in [0, 0.1) is 5.95 Å². The van der Waals surface area contributed by atoms with Crippen molar-refractivity contribution in [1.29, 1.82) is 0 Å². The zero-order valence-corrected chi connectivity index (χ0v) is 9.89. The highest BCUT2D eigenvalue weighted by molar-refractivity contribution is 5.91. The lowest BCUT2D eigenvalue weighted by atomic mass is 10.1. The molecule has 0 aliphatic carbocycles. The largest absolute Gasteiger partial charge is 0.462 e. The van der Waals surface area contributed by atoms with Crippen molar-refractivity contribution in [1.82, 2.24) is 4.98 Å². The van der Waals surface area contributed by atoms with Gasteiger partial charge in [0.05, 0.1) is 12.2 Å². The number of hydrogen-bond acceptors (Lipinski definition) is 3. The number of ether oxygens (including phenoxy) is 1. The van der Waals surface area contributed by atoms with Gasteiger partial charge in [0.2, 0.25) is 5.95 Å². The molecular weight excluding hydrogens is 233 g/mol. The second-order valence-corrected chi connectivity index (χ2v) is 3.67. The van der Waals surface area contributed by atoms with Crippen molar-refractivity contribution in [3.05, 3.63) is 54.1 Å². The number of nitrogens with zero attached hydrogens (tertiary/aromatic N) is 1. The van der Waals surface area contributed by atoms with Crippen LogP contribution in [0.1, 0.15) is 17.3 Å². The molecule has 4 heteroatoms. The molecule has 1 aromatic carbocycles. The second-order valence-electron chi connectivity index (χ2n) is 3.67. The minimum absolute atomic E-state index is 0.334. The van der Waals surface area contributed by atoms with Crippen LogP contribution in [0.5, 0.6) is 0 Å². The molecule has 0 amide bonds. The first-order valence-corrected chi connectivity index (χ1v) is 5.60. The monoisotopic (exact) mass is 245 g/mol. The van der Waals surface area contributed by atoms with Crippen LogP contribution in [0.4, 0.5) is 4.39 Å². The van der Waals surface area contributed by atoms with Crippen LogP contribution in [-0.4, -0.2) is 17.6 Å². The molecule has 0 aliphatic rings. The summed E-state index contributed by atoms with van der Waals surface area (Å²) in [6, 6.07) is 9.87. The van der Waals surface area contributed by atoms with Gasteiger partial charge in [-0.05, 0) is 36.8 Å². The number of carbonyl (C=O) groups excluding carboxylic acids is 1.